The van der Waals surface area contributed by atoms with Crippen molar-refractivity contribution in [1.29, 1.82) is 0 Å². The van der Waals surface area contributed by atoms with Gasteiger partial charge in [0.05, 0.1) is 25.4 Å². The van der Waals surface area contributed by atoms with Crippen molar-refractivity contribution in [3.63, 3.8) is 0 Å². The summed E-state index contributed by atoms with van der Waals surface area (Å²) in [6.07, 6.45) is -0.871. The zero-order valence-electron chi connectivity index (χ0n) is 20.8. The van der Waals surface area contributed by atoms with Crippen LogP contribution >= 0.6 is 7.60 Å². The lowest BCUT2D eigenvalue weighted by molar-refractivity contribution is -0.137. The largest absolute Gasteiger partial charge is 0.378 e. The van der Waals surface area contributed by atoms with Crippen LogP contribution in [0.2, 0.25) is 0 Å². The molecule has 0 bridgehead atoms. The Bertz CT molecular complexity index is 995. The molecule has 1 heterocycles. The predicted molar refractivity (Wildman–Crippen MR) is 134 cm³/mol. The van der Waals surface area contributed by atoms with E-state index in [0.717, 1.165) is 0 Å². The second-order valence-electron chi connectivity index (χ2n) is 8.96. The second-order valence-corrected chi connectivity index (χ2v) is 11.0. The lowest BCUT2D eigenvalue weighted by Crippen LogP contribution is -2.54. The molecular weight excluding hydrogens is 467 g/mol. The summed E-state index contributed by atoms with van der Waals surface area (Å²) in [6.45, 7) is 8.59. The van der Waals surface area contributed by atoms with E-state index < -0.39 is 37.4 Å². The summed E-state index contributed by atoms with van der Waals surface area (Å²) in [5.74, 6) is -0.801. The first-order valence-electron chi connectivity index (χ1n) is 11.9. The van der Waals surface area contributed by atoms with Crippen LogP contribution in [0, 0.1) is 0 Å². The first-order chi connectivity index (χ1) is 16.7. The topological polar surface area (TPSA) is 94.2 Å². The highest BCUT2D eigenvalue weighted by Gasteiger charge is 2.48. The number of ether oxygens (including phenoxy) is 1. The van der Waals surface area contributed by atoms with Gasteiger partial charge in [-0.2, -0.15) is 0 Å². The summed E-state index contributed by atoms with van der Waals surface area (Å²) >= 11 is 0. The molecular formula is C26H35N2O6P. The van der Waals surface area contributed by atoms with Gasteiger partial charge >= 0.3 is 7.60 Å². The Labute approximate surface area is 207 Å². The fourth-order valence-corrected chi connectivity index (χ4v) is 6.61. The summed E-state index contributed by atoms with van der Waals surface area (Å²) in [5, 5.41) is 2.88. The first-order valence-corrected chi connectivity index (χ1v) is 13.6. The molecule has 2 aromatic carbocycles. The standard InChI is InChI=1S/C26H35N2O6P/c1-19(2)33-35(31,34-20(3)4)24(21-11-7-5-8-12-21)23(26(30)28-15-17-32-18-16-28)27-25(29)22-13-9-6-10-14-22/h5-14,19-20,23-24H,15-18H2,1-4H3,(H,27,29)/t23-,24+/m0/s1. The Morgan fingerprint density at radius 2 is 1.40 bits per heavy atom. The van der Waals surface area contributed by atoms with Crippen LogP contribution in [0.4, 0.5) is 0 Å². The molecule has 0 radical (unpaired) electrons. The molecule has 9 heteroatoms. The SMILES string of the molecule is CC(C)OP(=O)(OC(C)C)[C@H](c1ccccc1)[C@H](NC(=O)c1ccccc1)C(=O)N1CCOCC1. The van der Waals surface area contributed by atoms with Gasteiger partial charge in [-0.15, -0.1) is 0 Å². The van der Waals surface area contributed by atoms with Crippen molar-refractivity contribution < 1.29 is 27.9 Å². The van der Waals surface area contributed by atoms with Crippen molar-refractivity contribution >= 4 is 19.4 Å². The molecule has 1 aliphatic rings. The van der Waals surface area contributed by atoms with Gasteiger partial charge in [0, 0.05) is 18.7 Å². The molecule has 1 aliphatic heterocycles. The molecule has 0 aliphatic carbocycles. The van der Waals surface area contributed by atoms with Crippen LogP contribution in [-0.2, 0) is 23.1 Å². The molecule has 35 heavy (non-hydrogen) atoms. The summed E-state index contributed by atoms with van der Waals surface area (Å²) in [7, 11) is -3.97. The quantitative estimate of drug-likeness (QED) is 0.483. The van der Waals surface area contributed by atoms with Crippen molar-refractivity contribution in [3.8, 4) is 0 Å². The van der Waals surface area contributed by atoms with E-state index in [9.17, 15) is 14.2 Å². The molecule has 3 rings (SSSR count). The van der Waals surface area contributed by atoms with Crippen LogP contribution in [0.25, 0.3) is 0 Å². The Kier molecular flexibility index (Phi) is 9.63. The number of hydrogen-bond acceptors (Lipinski definition) is 6. The van der Waals surface area contributed by atoms with E-state index in [1.165, 1.54) is 0 Å². The molecule has 1 saturated heterocycles. The number of nitrogens with one attached hydrogen (secondary N) is 1. The minimum atomic E-state index is -3.97. The van der Waals surface area contributed by atoms with Gasteiger partial charge in [0.1, 0.15) is 11.7 Å². The highest BCUT2D eigenvalue weighted by molar-refractivity contribution is 7.54. The van der Waals surface area contributed by atoms with E-state index in [4.69, 9.17) is 13.8 Å². The van der Waals surface area contributed by atoms with Crippen LogP contribution < -0.4 is 5.32 Å². The molecule has 2 atom stereocenters. The Morgan fingerprint density at radius 1 is 0.886 bits per heavy atom. The fourth-order valence-electron chi connectivity index (χ4n) is 4.02. The Balaban J connectivity index is 2.12. The predicted octanol–water partition coefficient (Wildman–Crippen LogP) is 4.43. The summed E-state index contributed by atoms with van der Waals surface area (Å²) in [4.78, 5) is 28.8. The molecule has 0 aromatic heterocycles. The van der Waals surface area contributed by atoms with Crippen LogP contribution in [0.1, 0.15) is 49.3 Å². The van der Waals surface area contributed by atoms with Crippen molar-refractivity contribution in [2.45, 2.75) is 51.6 Å². The average molecular weight is 503 g/mol. The van der Waals surface area contributed by atoms with E-state index in [1.807, 2.05) is 6.07 Å². The fraction of sp³-hybridized carbons (Fsp3) is 0.462. The van der Waals surface area contributed by atoms with Crippen molar-refractivity contribution in [2.75, 3.05) is 26.3 Å². The first kappa shape index (κ1) is 27.1. The zero-order chi connectivity index (χ0) is 25.4. The molecule has 0 spiro atoms. The molecule has 1 fully saturated rings. The number of rotatable bonds is 10. The van der Waals surface area contributed by atoms with Gasteiger partial charge in [-0.3, -0.25) is 14.2 Å². The third-order valence-electron chi connectivity index (χ3n) is 5.42. The van der Waals surface area contributed by atoms with E-state index in [-0.39, 0.29) is 5.91 Å². The van der Waals surface area contributed by atoms with Gasteiger partial charge in [0.2, 0.25) is 5.91 Å². The van der Waals surface area contributed by atoms with E-state index in [0.29, 0.717) is 37.4 Å². The number of hydrogen-bond donors (Lipinski definition) is 1. The monoisotopic (exact) mass is 502 g/mol. The smallest absolute Gasteiger partial charge is 0.341 e. The van der Waals surface area contributed by atoms with Crippen LogP contribution in [0.5, 0.6) is 0 Å². The second kappa shape index (κ2) is 12.5. The molecule has 1 N–H and O–H groups in total. The van der Waals surface area contributed by atoms with Crippen LogP contribution in [0.15, 0.2) is 60.7 Å². The van der Waals surface area contributed by atoms with Crippen molar-refractivity contribution in [1.82, 2.24) is 10.2 Å². The third-order valence-corrected chi connectivity index (χ3v) is 8.13. The molecule has 0 unspecified atom stereocenters. The van der Waals surface area contributed by atoms with E-state index in [1.54, 1.807) is 87.2 Å². The maximum Gasteiger partial charge on any atom is 0.341 e. The van der Waals surface area contributed by atoms with Crippen LogP contribution in [-0.4, -0.2) is 61.3 Å². The van der Waals surface area contributed by atoms with E-state index in [2.05, 4.69) is 5.32 Å². The van der Waals surface area contributed by atoms with Crippen molar-refractivity contribution in [3.05, 3.63) is 71.8 Å². The van der Waals surface area contributed by atoms with Gasteiger partial charge < -0.3 is 24.0 Å². The maximum absolute atomic E-state index is 14.5. The lowest BCUT2D eigenvalue weighted by Gasteiger charge is -2.37. The molecule has 2 aromatic rings. The summed E-state index contributed by atoms with van der Waals surface area (Å²) in [5.41, 5.74) is -0.0860. The van der Waals surface area contributed by atoms with E-state index >= 15 is 0 Å². The number of carbonyl (C=O) groups is 2. The maximum atomic E-state index is 14.5. The minimum Gasteiger partial charge on any atom is -0.378 e. The number of carbonyl (C=O) groups excluding carboxylic acids is 2. The highest BCUT2D eigenvalue weighted by Crippen LogP contribution is 2.64. The third kappa shape index (κ3) is 7.24. The minimum absolute atomic E-state index is 0.355. The summed E-state index contributed by atoms with van der Waals surface area (Å²) in [6, 6.07) is 16.4. The summed E-state index contributed by atoms with van der Waals surface area (Å²) < 4.78 is 31.8. The van der Waals surface area contributed by atoms with Gasteiger partial charge in [0.15, 0.2) is 0 Å². The molecule has 190 valence electrons. The molecule has 8 nitrogen and oxygen atoms in total. The number of morpholine rings is 1. The number of benzene rings is 2. The lowest BCUT2D eigenvalue weighted by atomic mass is 10.0. The Morgan fingerprint density at radius 3 is 1.91 bits per heavy atom. The Hall–Kier alpha value is -2.51. The highest BCUT2D eigenvalue weighted by atomic mass is 31.2. The number of amides is 2. The average Bonchev–Trinajstić information content (AvgIpc) is 2.83. The van der Waals surface area contributed by atoms with Gasteiger partial charge in [0.25, 0.3) is 5.91 Å². The zero-order valence-corrected chi connectivity index (χ0v) is 21.6. The van der Waals surface area contributed by atoms with Gasteiger partial charge in [-0.25, -0.2) is 0 Å². The number of nitrogens with zero attached hydrogens (tertiary/aromatic N) is 1. The molecule has 2 amide bonds. The van der Waals surface area contributed by atoms with Crippen molar-refractivity contribution in [2.24, 2.45) is 0 Å². The van der Waals surface area contributed by atoms with Gasteiger partial charge in [-0.05, 0) is 45.4 Å². The molecule has 0 saturated carbocycles. The van der Waals surface area contributed by atoms with Crippen LogP contribution in [0.3, 0.4) is 0 Å². The normalized spacial score (nSPS) is 16.2. The van der Waals surface area contributed by atoms with Gasteiger partial charge in [-0.1, -0.05) is 48.5 Å².